The van der Waals surface area contributed by atoms with E-state index in [9.17, 15) is 0 Å². The van der Waals surface area contributed by atoms with Gasteiger partial charge in [-0.25, -0.2) is 0 Å². The van der Waals surface area contributed by atoms with Gasteiger partial charge in [-0.3, -0.25) is 0 Å². The summed E-state index contributed by atoms with van der Waals surface area (Å²) in [6.45, 7) is 13.3. The molecule has 0 amide bonds. The quantitative estimate of drug-likeness (QED) is 0.338. The molecule has 0 N–H and O–H groups in total. The lowest BCUT2D eigenvalue weighted by molar-refractivity contribution is -0.260. The summed E-state index contributed by atoms with van der Waals surface area (Å²) in [4.78, 5) is 0. The zero-order valence-electron chi connectivity index (χ0n) is 26.5. The Morgan fingerprint density at radius 3 is 2.42 bits per heavy atom. The van der Waals surface area contributed by atoms with E-state index in [2.05, 4.69) is 34.6 Å². The minimum atomic E-state index is -0.515. The third-order valence-electron chi connectivity index (χ3n) is 13.2. The lowest BCUT2D eigenvalue weighted by atomic mass is 9.44. The Bertz CT molecular complexity index is 1050. The van der Waals surface area contributed by atoms with Crippen LogP contribution in [0.4, 0.5) is 0 Å². The summed E-state index contributed by atoms with van der Waals surface area (Å²) in [5.41, 5.74) is 2.00. The number of methoxy groups -OCH3 is 2. The molecule has 9 atom stereocenters. The first-order valence-corrected chi connectivity index (χ1v) is 16.7. The van der Waals surface area contributed by atoms with E-state index in [-0.39, 0.29) is 0 Å². The van der Waals surface area contributed by atoms with Crippen molar-refractivity contribution in [3.63, 3.8) is 0 Å². The third kappa shape index (κ3) is 4.67. The van der Waals surface area contributed by atoms with Crippen LogP contribution >= 0.6 is 0 Å². The standard InChI is InChI=1S/C36H56O4/c1-23(2)9-8-10-24(3)29-13-14-30-28-12-11-26-21-36(18-17-34(26,4)31(28)15-16-35(29,30)5)39-22-25-19-27(37-6)20-32(38-7)33(25)40-36/h19-20,23-24,26,28-31H,8-18,21-22H2,1-7H3/t24-,26+,28+,29-,30+,31+,34+,35-,36?/m1/s1. The molecule has 4 heteroatoms. The van der Waals surface area contributed by atoms with E-state index in [0.717, 1.165) is 71.2 Å². The van der Waals surface area contributed by atoms with Gasteiger partial charge in [0.15, 0.2) is 11.5 Å². The van der Waals surface area contributed by atoms with Gasteiger partial charge in [0.05, 0.1) is 20.8 Å². The summed E-state index contributed by atoms with van der Waals surface area (Å²) in [6.07, 6.45) is 16.0. The van der Waals surface area contributed by atoms with Gasteiger partial charge in [-0.05, 0) is 103 Å². The summed E-state index contributed by atoms with van der Waals surface area (Å²) < 4.78 is 24.6. The average molecular weight is 553 g/mol. The molecule has 0 aromatic heterocycles. The summed E-state index contributed by atoms with van der Waals surface area (Å²) >= 11 is 0. The molecule has 0 radical (unpaired) electrons. The molecule has 6 rings (SSSR count). The van der Waals surface area contributed by atoms with Gasteiger partial charge in [0.25, 0.3) is 0 Å². The predicted molar refractivity (Wildman–Crippen MR) is 161 cm³/mol. The molecule has 40 heavy (non-hydrogen) atoms. The lowest BCUT2D eigenvalue weighted by Crippen LogP contribution is -2.58. The van der Waals surface area contributed by atoms with Gasteiger partial charge >= 0.3 is 0 Å². The van der Waals surface area contributed by atoms with Gasteiger partial charge in [-0.1, -0.05) is 53.9 Å². The maximum Gasteiger partial charge on any atom is 0.211 e. The Labute approximate surface area is 244 Å². The molecule has 5 aliphatic rings. The van der Waals surface area contributed by atoms with Crippen molar-refractivity contribution < 1.29 is 18.9 Å². The number of benzene rings is 1. The van der Waals surface area contributed by atoms with E-state index in [0.29, 0.717) is 23.4 Å². The van der Waals surface area contributed by atoms with Crippen molar-refractivity contribution in [3.05, 3.63) is 17.7 Å². The Hall–Kier alpha value is -1.42. The highest BCUT2D eigenvalue weighted by Gasteiger charge is 2.62. The molecule has 4 saturated carbocycles. The first-order valence-electron chi connectivity index (χ1n) is 16.7. The number of rotatable bonds is 7. The van der Waals surface area contributed by atoms with E-state index in [1.165, 1.54) is 64.2 Å². The van der Waals surface area contributed by atoms with Crippen molar-refractivity contribution in [2.45, 2.75) is 124 Å². The lowest BCUT2D eigenvalue weighted by Gasteiger charge is -2.62. The van der Waals surface area contributed by atoms with Gasteiger partial charge < -0.3 is 18.9 Å². The molecule has 1 unspecified atom stereocenters. The Kier molecular flexibility index (Phi) is 7.67. The maximum atomic E-state index is 6.78. The number of hydrogen-bond acceptors (Lipinski definition) is 4. The fourth-order valence-corrected chi connectivity index (χ4v) is 11.0. The highest BCUT2D eigenvalue weighted by atomic mass is 16.7. The highest BCUT2D eigenvalue weighted by molar-refractivity contribution is 5.52. The van der Waals surface area contributed by atoms with Crippen molar-refractivity contribution in [3.8, 4) is 17.2 Å². The van der Waals surface area contributed by atoms with E-state index >= 15 is 0 Å². The van der Waals surface area contributed by atoms with E-state index < -0.39 is 5.79 Å². The molecule has 1 heterocycles. The van der Waals surface area contributed by atoms with Crippen LogP contribution in [-0.4, -0.2) is 20.0 Å². The van der Waals surface area contributed by atoms with Crippen LogP contribution in [0.3, 0.4) is 0 Å². The molecule has 4 nitrogen and oxygen atoms in total. The molecule has 1 aromatic rings. The molecule has 0 bridgehead atoms. The molecule has 0 saturated heterocycles. The molecular weight excluding hydrogens is 496 g/mol. The molecule has 4 aliphatic carbocycles. The predicted octanol–water partition coefficient (Wildman–Crippen LogP) is 9.43. The van der Waals surface area contributed by atoms with Gasteiger partial charge in [-0.2, -0.15) is 0 Å². The first-order chi connectivity index (χ1) is 19.1. The minimum absolute atomic E-state index is 0.410. The van der Waals surface area contributed by atoms with E-state index in [1.54, 1.807) is 14.2 Å². The smallest absolute Gasteiger partial charge is 0.211 e. The zero-order valence-corrected chi connectivity index (χ0v) is 26.5. The second-order valence-corrected chi connectivity index (χ2v) is 15.5. The Morgan fingerprint density at radius 2 is 1.68 bits per heavy atom. The number of fused-ring (bicyclic) bond motifs is 6. The SMILES string of the molecule is COc1cc2c(c(OC)c1)OC1(CC[C@@]3(C)[C@@H](CC[C@@H]4[C@@H]3CC[C@]3(C)[C@@H]([C@H](C)CCCC(C)C)CC[C@@H]43)C1)OC2. The average Bonchev–Trinajstić information content (AvgIpc) is 3.30. The monoisotopic (exact) mass is 552 g/mol. The summed E-state index contributed by atoms with van der Waals surface area (Å²) in [5.74, 6) is 7.94. The Balaban J connectivity index is 1.16. The van der Waals surface area contributed by atoms with Crippen LogP contribution in [0.25, 0.3) is 0 Å². The van der Waals surface area contributed by atoms with E-state index in [4.69, 9.17) is 18.9 Å². The largest absolute Gasteiger partial charge is 0.497 e. The van der Waals surface area contributed by atoms with Crippen LogP contribution in [-0.2, 0) is 11.3 Å². The summed E-state index contributed by atoms with van der Waals surface area (Å²) in [6, 6.07) is 3.97. The Morgan fingerprint density at radius 1 is 0.875 bits per heavy atom. The zero-order chi connectivity index (χ0) is 28.3. The normalized spacial score (nSPS) is 41.0. The second-order valence-electron chi connectivity index (χ2n) is 15.5. The van der Waals surface area contributed by atoms with Crippen LogP contribution in [0, 0.1) is 52.3 Å². The summed E-state index contributed by atoms with van der Waals surface area (Å²) in [5, 5.41) is 0. The molecule has 1 spiro atoms. The van der Waals surface area contributed by atoms with E-state index in [1.807, 2.05) is 12.1 Å². The number of hydrogen-bond donors (Lipinski definition) is 0. The summed E-state index contributed by atoms with van der Waals surface area (Å²) in [7, 11) is 3.41. The van der Waals surface area contributed by atoms with Crippen molar-refractivity contribution in [2.75, 3.05) is 14.2 Å². The molecule has 224 valence electrons. The van der Waals surface area contributed by atoms with Crippen molar-refractivity contribution >= 4 is 0 Å². The maximum absolute atomic E-state index is 6.78. The first kappa shape index (κ1) is 28.7. The highest BCUT2D eigenvalue weighted by Crippen LogP contribution is 2.69. The topological polar surface area (TPSA) is 36.9 Å². The van der Waals surface area contributed by atoms with Gasteiger partial charge in [0, 0.05) is 24.5 Å². The van der Waals surface area contributed by atoms with Crippen molar-refractivity contribution in [1.82, 2.24) is 0 Å². The van der Waals surface area contributed by atoms with Crippen molar-refractivity contribution in [2.24, 2.45) is 52.3 Å². The second kappa shape index (κ2) is 10.7. The van der Waals surface area contributed by atoms with Gasteiger partial charge in [-0.15, -0.1) is 0 Å². The fourth-order valence-electron chi connectivity index (χ4n) is 11.0. The van der Waals surface area contributed by atoms with Crippen LogP contribution in [0.5, 0.6) is 17.2 Å². The molecule has 1 aromatic carbocycles. The van der Waals surface area contributed by atoms with Gasteiger partial charge in [0.1, 0.15) is 5.75 Å². The third-order valence-corrected chi connectivity index (χ3v) is 13.2. The molecular formula is C36H56O4. The van der Waals surface area contributed by atoms with Crippen LogP contribution in [0.1, 0.15) is 117 Å². The van der Waals surface area contributed by atoms with Gasteiger partial charge in [0.2, 0.25) is 5.79 Å². The minimum Gasteiger partial charge on any atom is -0.497 e. The molecule has 1 aliphatic heterocycles. The van der Waals surface area contributed by atoms with Crippen LogP contribution < -0.4 is 14.2 Å². The van der Waals surface area contributed by atoms with Crippen LogP contribution in [0.2, 0.25) is 0 Å². The number of ether oxygens (including phenoxy) is 4. The fraction of sp³-hybridized carbons (Fsp3) is 0.833. The van der Waals surface area contributed by atoms with Crippen LogP contribution in [0.15, 0.2) is 12.1 Å². The molecule has 4 fully saturated rings. The van der Waals surface area contributed by atoms with Crippen molar-refractivity contribution in [1.29, 1.82) is 0 Å².